The van der Waals surface area contributed by atoms with Gasteiger partial charge in [-0.1, -0.05) is 36.4 Å². The first-order chi connectivity index (χ1) is 13.2. The molecule has 1 aliphatic rings. The number of hydrogen-bond donors (Lipinski definition) is 2. The molecule has 138 valence electrons. The van der Waals surface area contributed by atoms with Crippen LogP contribution in [0.1, 0.15) is 27.2 Å². The van der Waals surface area contributed by atoms with E-state index in [9.17, 15) is 9.90 Å². The van der Waals surface area contributed by atoms with Gasteiger partial charge in [0.1, 0.15) is 18.1 Å². The van der Waals surface area contributed by atoms with Crippen molar-refractivity contribution in [3.63, 3.8) is 0 Å². The molecule has 0 saturated carbocycles. The number of benzene rings is 2. The lowest BCUT2D eigenvalue weighted by molar-refractivity contribution is 0.0733. The average Bonchev–Trinajstić information content (AvgIpc) is 2.96. The largest absolute Gasteiger partial charge is 0.491 e. The van der Waals surface area contributed by atoms with Crippen LogP contribution in [0.4, 0.5) is 0 Å². The molecule has 6 nitrogen and oxygen atoms in total. The number of ether oxygens (including phenoxy) is 1. The highest BCUT2D eigenvalue weighted by Gasteiger charge is 2.26. The number of carbonyl (C=O) groups excluding carboxylic acids is 1. The molecule has 0 fully saturated rings. The molecule has 2 heterocycles. The second-order valence-electron chi connectivity index (χ2n) is 6.61. The van der Waals surface area contributed by atoms with Gasteiger partial charge in [-0.25, -0.2) is 0 Å². The number of nitrogens with one attached hydrogen (secondary N) is 1. The van der Waals surface area contributed by atoms with Gasteiger partial charge in [-0.15, -0.1) is 0 Å². The molecule has 1 amide bonds. The molecule has 27 heavy (non-hydrogen) atoms. The van der Waals surface area contributed by atoms with E-state index >= 15 is 0 Å². The second kappa shape index (κ2) is 7.25. The summed E-state index contributed by atoms with van der Waals surface area (Å²) in [5, 5.41) is 16.7. The molecule has 0 radical (unpaired) electrons. The lowest BCUT2D eigenvalue weighted by Crippen LogP contribution is -2.33. The van der Waals surface area contributed by atoms with Gasteiger partial charge in [0, 0.05) is 23.4 Å². The third-order valence-corrected chi connectivity index (χ3v) is 4.78. The van der Waals surface area contributed by atoms with Crippen LogP contribution in [0, 0.1) is 6.92 Å². The monoisotopic (exact) mass is 363 g/mol. The minimum atomic E-state index is -0.0778. The Balaban J connectivity index is 1.68. The summed E-state index contributed by atoms with van der Waals surface area (Å²) in [7, 11) is 0. The fraction of sp³-hybridized carbons (Fsp3) is 0.238. The van der Waals surface area contributed by atoms with Crippen LogP contribution in [0.15, 0.2) is 48.5 Å². The fourth-order valence-corrected chi connectivity index (χ4v) is 3.37. The number of aromatic amines is 1. The highest BCUT2D eigenvalue weighted by molar-refractivity contribution is 6.01. The smallest absolute Gasteiger partial charge is 0.258 e. The van der Waals surface area contributed by atoms with Gasteiger partial charge in [0.15, 0.2) is 0 Å². The van der Waals surface area contributed by atoms with E-state index in [1.807, 2.05) is 55.5 Å². The van der Waals surface area contributed by atoms with Gasteiger partial charge in [0.2, 0.25) is 0 Å². The number of aryl methyl sites for hydroxylation is 1. The molecular weight excluding hydrogens is 342 g/mol. The Kier molecular flexibility index (Phi) is 4.64. The van der Waals surface area contributed by atoms with Gasteiger partial charge in [-0.05, 0) is 24.6 Å². The van der Waals surface area contributed by atoms with Crippen LogP contribution in [0.3, 0.4) is 0 Å². The van der Waals surface area contributed by atoms with Crippen molar-refractivity contribution in [3.05, 3.63) is 70.9 Å². The second-order valence-corrected chi connectivity index (χ2v) is 6.61. The van der Waals surface area contributed by atoms with E-state index in [1.54, 1.807) is 4.90 Å². The number of aromatic nitrogens is 2. The molecule has 0 spiro atoms. The van der Waals surface area contributed by atoms with Gasteiger partial charge in [-0.2, -0.15) is 5.10 Å². The maximum Gasteiger partial charge on any atom is 0.258 e. The molecule has 2 aromatic carbocycles. The van der Waals surface area contributed by atoms with Crippen molar-refractivity contribution in [3.8, 4) is 17.0 Å². The zero-order valence-corrected chi connectivity index (χ0v) is 15.1. The zero-order valence-electron chi connectivity index (χ0n) is 15.1. The summed E-state index contributed by atoms with van der Waals surface area (Å²) in [5.41, 5.74) is 4.59. The number of hydrogen-bond acceptors (Lipinski definition) is 4. The Morgan fingerprint density at radius 3 is 2.85 bits per heavy atom. The SMILES string of the molecule is Cc1[nH]nc(-c2ccccc2)c1C(=O)N1CCOc2ccc(CO)cc2C1. The minimum absolute atomic E-state index is 0.0414. The summed E-state index contributed by atoms with van der Waals surface area (Å²) in [4.78, 5) is 15.1. The van der Waals surface area contributed by atoms with Crippen LogP contribution in [-0.2, 0) is 13.2 Å². The highest BCUT2D eigenvalue weighted by atomic mass is 16.5. The Labute approximate surface area is 157 Å². The maximum atomic E-state index is 13.4. The van der Waals surface area contributed by atoms with Crippen LogP contribution in [-0.4, -0.2) is 39.3 Å². The quantitative estimate of drug-likeness (QED) is 0.750. The fourth-order valence-electron chi connectivity index (χ4n) is 3.37. The first-order valence-corrected chi connectivity index (χ1v) is 8.92. The molecule has 2 N–H and O–H groups in total. The predicted octanol–water partition coefficient (Wildman–Crippen LogP) is 2.91. The van der Waals surface area contributed by atoms with Crippen molar-refractivity contribution >= 4 is 5.91 Å². The molecular formula is C21H21N3O3. The first kappa shape index (κ1) is 17.3. The Morgan fingerprint density at radius 2 is 2.07 bits per heavy atom. The van der Waals surface area contributed by atoms with Crippen molar-refractivity contribution in [1.29, 1.82) is 0 Å². The summed E-state index contributed by atoms with van der Waals surface area (Å²) in [6, 6.07) is 15.3. The molecule has 0 bridgehead atoms. The van der Waals surface area contributed by atoms with Crippen LogP contribution >= 0.6 is 0 Å². The van der Waals surface area contributed by atoms with Crippen molar-refractivity contribution in [2.45, 2.75) is 20.1 Å². The van der Waals surface area contributed by atoms with E-state index in [0.717, 1.165) is 28.1 Å². The molecule has 3 aromatic rings. The van der Waals surface area contributed by atoms with Crippen LogP contribution in [0.5, 0.6) is 5.75 Å². The van der Waals surface area contributed by atoms with Gasteiger partial charge in [-0.3, -0.25) is 9.89 Å². The van der Waals surface area contributed by atoms with Crippen molar-refractivity contribution < 1.29 is 14.6 Å². The normalized spacial score (nSPS) is 13.6. The number of H-pyrrole nitrogens is 1. The number of rotatable bonds is 3. The van der Waals surface area contributed by atoms with Gasteiger partial charge >= 0.3 is 0 Å². The molecule has 4 rings (SSSR count). The number of amides is 1. The van der Waals surface area contributed by atoms with E-state index in [0.29, 0.717) is 31.0 Å². The molecule has 1 aromatic heterocycles. The summed E-state index contributed by atoms with van der Waals surface area (Å²) >= 11 is 0. The minimum Gasteiger partial charge on any atom is -0.491 e. The number of aliphatic hydroxyl groups excluding tert-OH is 1. The number of fused-ring (bicyclic) bond motifs is 1. The third-order valence-electron chi connectivity index (χ3n) is 4.78. The van der Waals surface area contributed by atoms with E-state index in [2.05, 4.69) is 10.2 Å². The van der Waals surface area contributed by atoms with Crippen molar-refractivity contribution in [2.24, 2.45) is 0 Å². The maximum absolute atomic E-state index is 13.4. The molecule has 0 atom stereocenters. The van der Waals surface area contributed by atoms with E-state index in [-0.39, 0.29) is 12.5 Å². The number of carbonyl (C=O) groups is 1. The van der Waals surface area contributed by atoms with Crippen LogP contribution in [0.25, 0.3) is 11.3 Å². The molecule has 6 heteroatoms. The van der Waals surface area contributed by atoms with Crippen LogP contribution in [0.2, 0.25) is 0 Å². The van der Waals surface area contributed by atoms with E-state index in [1.165, 1.54) is 0 Å². The Hall–Kier alpha value is -3.12. The summed E-state index contributed by atoms with van der Waals surface area (Å²) in [6.45, 7) is 3.16. The number of aliphatic hydroxyl groups is 1. The average molecular weight is 363 g/mol. The first-order valence-electron chi connectivity index (χ1n) is 8.92. The zero-order chi connectivity index (χ0) is 18.8. The van der Waals surface area contributed by atoms with Gasteiger partial charge in [0.25, 0.3) is 5.91 Å². The standard InChI is InChI=1S/C21H21N3O3/c1-14-19(20(23-22-14)16-5-3-2-4-6-16)21(26)24-9-10-27-18-8-7-15(13-25)11-17(18)12-24/h2-8,11,25H,9-10,12-13H2,1H3,(H,22,23). The topological polar surface area (TPSA) is 78.5 Å². The Bertz CT molecular complexity index is 966. The predicted molar refractivity (Wildman–Crippen MR) is 101 cm³/mol. The van der Waals surface area contributed by atoms with Crippen LogP contribution < -0.4 is 4.74 Å². The van der Waals surface area contributed by atoms with Crippen molar-refractivity contribution in [1.82, 2.24) is 15.1 Å². The van der Waals surface area contributed by atoms with Gasteiger partial charge < -0.3 is 14.7 Å². The Morgan fingerprint density at radius 1 is 1.26 bits per heavy atom. The van der Waals surface area contributed by atoms with E-state index < -0.39 is 0 Å². The molecule has 1 aliphatic heterocycles. The molecule has 0 unspecified atom stereocenters. The third kappa shape index (κ3) is 3.31. The summed E-state index contributed by atoms with van der Waals surface area (Å²) in [6.07, 6.45) is 0. The van der Waals surface area contributed by atoms with Crippen molar-refractivity contribution in [2.75, 3.05) is 13.2 Å². The molecule has 0 aliphatic carbocycles. The highest BCUT2D eigenvalue weighted by Crippen LogP contribution is 2.28. The van der Waals surface area contributed by atoms with Gasteiger partial charge in [0.05, 0.1) is 18.7 Å². The lowest BCUT2D eigenvalue weighted by Gasteiger charge is -2.20. The number of nitrogens with zero attached hydrogens (tertiary/aromatic N) is 2. The lowest BCUT2D eigenvalue weighted by atomic mass is 10.0. The summed E-state index contributed by atoms with van der Waals surface area (Å²) < 4.78 is 5.79. The summed E-state index contributed by atoms with van der Waals surface area (Å²) in [5.74, 6) is 0.681. The van der Waals surface area contributed by atoms with E-state index in [4.69, 9.17) is 4.74 Å². The molecule has 0 saturated heterocycles.